The maximum atomic E-state index is 12.9. The molecule has 1 amide bonds. The molecule has 10 heteroatoms. The summed E-state index contributed by atoms with van der Waals surface area (Å²) in [5, 5.41) is 15.8. The highest BCUT2D eigenvalue weighted by molar-refractivity contribution is 7.91. The van der Waals surface area contributed by atoms with Crippen LogP contribution in [0.4, 0.5) is 0 Å². The van der Waals surface area contributed by atoms with Gasteiger partial charge in [0, 0.05) is 18.6 Å². The van der Waals surface area contributed by atoms with Crippen molar-refractivity contribution in [2.75, 3.05) is 0 Å². The largest absolute Gasteiger partial charge is 0.356 e. The van der Waals surface area contributed by atoms with Gasteiger partial charge < -0.3 is 10.3 Å². The minimum Gasteiger partial charge on any atom is -0.356 e. The Morgan fingerprint density at radius 2 is 2.14 bits per heavy atom. The predicted octanol–water partition coefficient (Wildman–Crippen LogP) is 2.47. The number of aromatic amines is 1. The zero-order valence-corrected chi connectivity index (χ0v) is 16.0. The van der Waals surface area contributed by atoms with Gasteiger partial charge in [-0.3, -0.25) is 4.79 Å². The fraction of sp³-hybridized carbons (Fsp3) is 0.167. The minimum atomic E-state index is -3.94. The lowest BCUT2D eigenvalue weighted by Crippen LogP contribution is -2.35. The van der Waals surface area contributed by atoms with Crippen molar-refractivity contribution in [3.63, 3.8) is 0 Å². The zero-order valence-electron chi connectivity index (χ0n) is 14.4. The summed E-state index contributed by atoms with van der Waals surface area (Å²) in [6, 6.07) is 9.52. The Morgan fingerprint density at radius 1 is 1.36 bits per heavy atom. The first kappa shape index (κ1) is 18.3. The van der Waals surface area contributed by atoms with Crippen LogP contribution in [0.25, 0.3) is 5.69 Å². The molecule has 0 radical (unpaired) electrons. The van der Waals surface area contributed by atoms with E-state index in [1.54, 1.807) is 29.2 Å². The highest BCUT2D eigenvalue weighted by Gasteiger charge is 2.45. The van der Waals surface area contributed by atoms with Gasteiger partial charge in [-0.05, 0) is 43.2 Å². The molecule has 0 spiro atoms. The number of amides is 1. The molecule has 1 fully saturated rings. The van der Waals surface area contributed by atoms with Crippen LogP contribution in [-0.2, 0) is 9.84 Å². The van der Waals surface area contributed by atoms with Gasteiger partial charge in [-0.1, -0.05) is 11.6 Å². The van der Waals surface area contributed by atoms with E-state index in [1.807, 2.05) is 0 Å². The van der Waals surface area contributed by atoms with Crippen molar-refractivity contribution in [2.24, 2.45) is 0 Å². The fourth-order valence-corrected chi connectivity index (χ4v) is 4.52. The molecule has 1 aliphatic carbocycles. The summed E-state index contributed by atoms with van der Waals surface area (Å²) in [6.45, 7) is 0. The molecule has 2 heterocycles. The molecule has 8 nitrogen and oxygen atoms in total. The van der Waals surface area contributed by atoms with Crippen LogP contribution in [0, 0.1) is 11.3 Å². The van der Waals surface area contributed by atoms with E-state index in [2.05, 4.69) is 21.5 Å². The van der Waals surface area contributed by atoms with Crippen LogP contribution in [0.15, 0.2) is 58.7 Å². The van der Waals surface area contributed by atoms with Gasteiger partial charge in [0.15, 0.2) is 0 Å². The number of rotatable bonds is 5. The van der Waals surface area contributed by atoms with Crippen molar-refractivity contribution in [2.45, 2.75) is 28.2 Å². The maximum Gasteiger partial charge on any atom is 0.268 e. The molecular formula is C18H14ClN5O3S. The van der Waals surface area contributed by atoms with E-state index in [9.17, 15) is 13.2 Å². The Balaban J connectivity index is 1.62. The third kappa shape index (κ3) is 3.17. The molecule has 1 saturated carbocycles. The van der Waals surface area contributed by atoms with E-state index >= 15 is 0 Å². The summed E-state index contributed by atoms with van der Waals surface area (Å²) in [7, 11) is -3.94. The summed E-state index contributed by atoms with van der Waals surface area (Å²) in [5.41, 5.74) is -0.161. The van der Waals surface area contributed by atoms with E-state index in [1.165, 1.54) is 24.4 Å². The Kier molecular flexibility index (Phi) is 4.25. The molecule has 28 heavy (non-hydrogen) atoms. The molecule has 142 valence electrons. The summed E-state index contributed by atoms with van der Waals surface area (Å²) in [4.78, 5) is 14.7. The van der Waals surface area contributed by atoms with Crippen molar-refractivity contribution in [3.05, 3.63) is 59.6 Å². The minimum absolute atomic E-state index is 0.0432. The van der Waals surface area contributed by atoms with Crippen molar-refractivity contribution < 1.29 is 13.2 Å². The number of halogens is 1. The lowest BCUT2D eigenvalue weighted by molar-refractivity contribution is 0.0937. The number of hydrogen-bond acceptors (Lipinski definition) is 5. The van der Waals surface area contributed by atoms with E-state index < -0.39 is 21.3 Å². The topological polar surface area (TPSA) is 121 Å². The van der Waals surface area contributed by atoms with Gasteiger partial charge in [0.05, 0.1) is 26.6 Å². The van der Waals surface area contributed by atoms with Crippen LogP contribution >= 0.6 is 11.6 Å². The number of carbonyl (C=O) groups is 1. The van der Waals surface area contributed by atoms with Gasteiger partial charge in [0.25, 0.3) is 5.91 Å². The number of nitrogens with zero attached hydrogens (tertiary/aromatic N) is 3. The molecule has 0 saturated heterocycles. The molecule has 0 aliphatic heterocycles. The highest BCUT2D eigenvalue weighted by atomic mass is 35.5. The molecule has 2 aromatic heterocycles. The molecule has 3 aromatic rings. The molecule has 0 unspecified atom stereocenters. The number of aromatic nitrogens is 3. The van der Waals surface area contributed by atoms with Crippen molar-refractivity contribution in [3.8, 4) is 11.8 Å². The number of nitrogens with one attached hydrogen (secondary N) is 2. The van der Waals surface area contributed by atoms with Crippen LogP contribution in [-0.4, -0.2) is 34.6 Å². The summed E-state index contributed by atoms with van der Waals surface area (Å²) >= 11 is 6.22. The van der Waals surface area contributed by atoms with Gasteiger partial charge in [0.1, 0.15) is 11.2 Å². The quantitative estimate of drug-likeness (QED) is 0.663. The summed E-state index contributed by atoms with van der Waals surface area (Å²) in [5.74, 6) is -0.527. The smallest absolute Gasteiger partial charge is 0.268 e. The second-order valence-corrected chi connectivity index (χ2v) is 8.79. The average molecular weight is 416 g/mol. The van der Waals surface area contributed by atoms with E-state index in [0.717, 1.165) is 0 Å². The van der Waals surface area contributed by atoms with Crippen LogP contribution in [0.5, 0.6) is 0 Å². The first-order valence-corrected chi connectivity index (χ1v) is 10.2. The first-order chi connectivity index (χ1) is 13.3. The molecule has 1 aromatic carbocycles. The van der Waals surface area contributed by atoms with Gasteiger partial charge >= 0.3 is 0 Å². The standard InChI is InChI=1S/C18H14ClN5O3S/c19-14-8-12(24-7-1-6-22-24)2-3-16(14)28(26,27)13-9-15(21-10-13)17(25)23-18(11-20)4-5-18/h1-3,6-10,21H,4-5H2,(H,23,25). The predicted molar refractivity (Wildman–Crippen MR) is 99.9 cm³/mol. The van der Waals surface area contributed by atoms with Crippen molar-refractivity contribution >= 4 is 27.3 Å². The average Bonchev–Trinajstić information content (AvgIpc) is 3.09. The molecule has 4 rings (SSSR count). The van der Waals surface area contributed by atoms with Crippen LogP contribution in [0.1, 0.15) is 23.3 Å². The summed E-state index contributed by atoms with van der Waals surface area (Å²) < 4.78 is 27.4. The van der Waals surface area contributed by atoms with Crippen LogP contribution in [0.2, 0.25) is 5.02 Å². The lowest BCUT2D eigenvalue weighted by atomic mass is 10.3. The number of carbonyl (C=O) groups excluding carboxylic acids is 1. The molecule has 0 atom stereocenters. The number of benzene rings is 1. The van der Waals surface area contributed by atoms with Gasteiger partial charge in [-0.2, -0.15) is 10.4 Å². The first-order valence-electron chi connectivity index (χ1n) is 8.31. The Hall–Kier alpha value is -3.09. The Morgan fingerprint density at radius 3 is 2.75 bits per heavy atom. The van der Waals surface area contributed by atoms with Gasteiger partial charge in [-0.15, -0.1) is 0 Å². The molecule has 0 bridgehead atoms. The molecule has 1 aliphatic rings. The van der Waals surface area contributed by atoms with Crippen LogP contribution in [0.3, 0.4) is 0 Å². The van der Waals surface area contributed by atoms with E-state index in [4.69, 9.17) is 16.9 Å². The van der Waals surface area contributed by atoms with Gasteiger partial charge in [0.2, 0.25) is 9.84 Å². The Labute approximate surface area is 165 Å². The highest BCUT2D eigenvalue weighted by Crippen LogP contribution is 2.35. The summed E-state index contributed by atoms with van der Waals surface area (Å²) in [6.07, 6.45) is 5.71. The normalized spacial score (nSPS) is 15.0. The van der Waals surface area contributed by atoms with E-state index in [0.29, 0.717) is 18.5 Å². The zero-order chi connectivity index (χ0) is 19.9. The fourth-order valence-electron chi connectivity index (χ4n) is 2.73. The Bertz CT molecular complexity index is 1200. The SMILES string of the molecule is N#CC1(NC(=O)c2cc(S(=O)(=O)c3ccc(-n4cccn4)cc3Cl)c[nH]2)CC1. The molecular weight excluding hydrogens is 402 g/mol. The third-order valence-electron chi connectivity index (χ3n) is 4.50. The number of nitriles is 1. The van der Waals surface area contributed by atoms with Crippen LogP contribution < -0.4 is 5.32 Å². The monoisotopic (exact) mass is 415 g/mol. The van der Waals surface area contributed by atoms with E-state index in [-0.39, 0.29) is 20.5 Å². The van der Waals surface area contributed by atoms with Crippen molar-refractivity contribution in [1.29, 1.82) is 5.26 Å². The second kappa shape index (κ2) is 6.51. The number of sulfone groups is 1. The number of H-pyrrole nitrogens is 1. The van der Waals surface area contributed by atoms with Crippen molar-refractivity contribution in [1.82, 2.24) is 20.1 Å². The molecule has 2 N–H and O–H groups in total. The van der Waals surface area contributed by atoms with Gasteiger partial charge in [-0.25, -0.2) is 13.1 Å². The second-order valence-electron chi connectivity index (χ2n) is 6.47. The lowest BCUT2D eigenvalue weighted by Gasteiger charge is -2.08. The number of hydrogen-bond donors (Lipinski definition) is 2. The maximum absolute atomic E-state index is 12.9. The third-order valence-corrected chi connectivity index (χ3v) is 6.72.